The first-order valence-electron chi connectivity index (χ1n) is 7.96. The van der Waals surface area contributed by atoms with E-state index < -0.39 is 0 Å². The summed E-state index contributed by atoms with van der Waals surface area (Å²) >= 11 is 9.66. The number of anilines is 1. The maximum Gasteiger partial charge on any atom is 0.156 e. The molecule has 21 heavy (non-hydrogen) atoms. The van der Waals surface area contributed by atoms with Crippen LogP contribution in [-0.4, -0.2) is 12.6 Å². The molecule has 1 N–H and O–H groups in total. The molecule has 0 bridgehead atoms. The Balaban J connectivity index is 2.56. The average Bonchev–Trinajstić information content (AvgIpc) is 2.42. The first-order chi connectivity index (χ1) is 10.1. The summed E-state index contributed by atoms with van der Waals surface area (Å²) in [6.45, 7) is 7.09. The third-order valence-electron chi connectivity index (χ3n) is 3.44. The van der Waals surface area contributed by atoms with E-state index in [-0.39, 0.29) is 0 Å². The average molecular weight is 377 g/mol. The fourth-order valence-corrected chi connectivity index (χ4v) is 3.27. The Hall–Kier alpha value is -0.410. The second kappa shape index (κ2) is 10.3. The highest BCUT2D eigenvalue weighted by Crippen LogP contribution is 2.37. The zero-order valence-electron chi connectivity index (χ0n) is 13.3. The van der Waals surface area contributed by atoms with Gasteiger partial charge in [-0.15, -0.1) is 0 Å². The lowest BCUT2D eigenvalue weighted by Crippen LogP contribution is -2.16. The van der Waals surface area contributed by atoms with Gasteiger partial charge in [0.05, 0.1) is 16.8 Å². The molecule has 1 unspecified atom stereocenters. The van der Waals surface area contributed by atoms with Crippen molar-refractivity contribution in [1.82, 2.24) is 0 Å². The van der Waals surface area contributed by atoms with Gasteiger partial charge < -0.3 is 10.1 Å². The smallest absolute Gasteiger partial charge is 0.156 e. The van der Waals surface area contributed by atoms with E-state index >= 15 is 0 Å². The molecule has 0 spiro atoms. The second-order valence-corrected chi connectivity index (χ2v) is 6.74. The van der Waals surface area contributed by atoms with E-state index in [0.717, 1.165) is 15.9 Å². The summed E-state index contributed by atoms with van der Waals surface area (Å²) in [6.07, 6.45) is 7.73. The standard InChI is InChI=1S/C17H27BrClNO/c1-4-6-7-8-9-10-13(3)20-16-12-14(19)11-15(18)17(16)21-5-2/h11-13,20H,4-10H2,1-3H3. The van der Waals surface area contributed by atoms with Gasteiger partial charge in [-0.1, -0.05) is 50.6 Å². The Morgan fingerprint density at radius 3 is 2.57 bits per heavy atom. The fraction of sp³-hybridized carbons (Fsp3) is 0.647. The van der Waals surface area contributed by atoms with Gasteiger partial charge in [0.25, 0.3) is 0 Å². The molecule has 0 aliphatic heterocycles. The maximum atomic E-state index is 6.14. The quantitative estimate of drug-likeness (QED) is 0.461. The molecule has 1 aromatic carbocycles. The maximum absolute atomic E-state index is 6.14. The Bertz CT molecular complexity index is 425. The van der Waals surface area contributed by atoms with Crippen LogP contribution >= 0.6 is 27.5 Å². The number of nitrogens with one attached hydrogen (secondary N) is 1. The van der Waals surface area contributed by atoms with Gasteiger partial charge in [-0.25, -0.2) is 0 Å². The number of hydrogen-bond donors (Lipinski definition) is 1. The highest BCUT2D eigenvalue weighted by Gasteiger charge is 2.12. The molecule has 0 fully saturated rings. The van der Waals surface area contributed by atoms with Gasteiger partial charge >= 0.3 is 0 Å². The molecular formula is C17H27BrClNO. The van der Waals surface area contributed by atoms with Gasteiger partial charge in [-0.3, -0.25) is 0 Å². The molecule has 0 saturated carbocycles. The minimum atomic E-state index is 0.413. The largest absolute Gasteiger partial charge is 0.491 e. The lowest BCUT2D eigenvalue weighted by atomic mass is 10.1. The molecule has 0 aliphatic rings. The number of ether oxygens (including phenoxy) is 1. The minimum absolute atomic E-state index is 0.413. The van der Waals surface area contributed by atoms with E-state index in [4.69, 9.17) is 16.3 Å². The predicted octanol–water partition coefficient (Wildman–Crippen LogP) is 6.66. The summed E-state index contributed by atoms with van der Waals surface area (Å²) in [5, 5.41) is 4.24. The van der Waals surface area contributed by atoms with Crippen molar-refractivity contribution < 1.29 is 4.74 Å². The summed E-state index contributed by atoms with van der Waals surface area (Å²) in [5.74, 6) is 0.847. The summed E-state index contributed by atoms with van der Waals surface area (Å²) in [6, 6.07) is 4.22. The molecule has 1 rings (SSSR count). The zero-order chi connectivity index (χ0) is 15.7. The number of benzene rings is 1. The van der Waals surface area contributed by atoms with Crippen LogP contribution in [0.2, 0.25) is 5.02 Å². The van der Waals surface area contributed by atoms with E-state index in [1.807, 2.05) is 19.1 Å². The molecule has 0 amide bonds. The molecule has 120 valence electrons. The molecule has 0 radical (unpaired) electrons. The normalized spacial score (nSPS) is 12.2. The molecule has 0 saturated heterocycles. The highest BCUT2D eigenvalue weighted by molar-refractivity contribution is 9.10. The molecule has 0 heterocycles. The van der Waals surface area contributed by atoms with E-state index in [9.17, 15) is 0 Å². The topological polar surface area (TPSA) is 21.3 Å². The minimum Gasteiger partial charge on any atom is -0.491 e. The number of unbranched alkanes of at least 4 members (excludes halogenated alkanes) is 4. The number of hydrogen-bond acceptors (Lipinski definition) is 2. The number of rotatable bonds is 10. The van der Waals surface area contributed by atoms with E-state index in [0.29, 0.717) is 17.7 Å². The van der Waals surface area contributed by atoms with Gasteiger partial charge in [0.1, 0.15) is 0 Å². The van der Waals surface area contributed by atoms with Crippen LogP contribution in [0.3, 0.4) is 0 Å². The number of halogens is 2. The lowest BCUT2D eigenvalue weighted by Gasteiger charge is -2.19. The summed E-state index contributed by atoms with van der Waals surface area (Å²) in [7, 11) is 0. The second-order valence-electron chi connectivity index (χ2n) is 5.45. The molecule has 1 aromatic rings. The van der Waals surface area contributed by atoms with Crippen LogP contribution in [0.25, 0.3) is 0 Å². The fourth-order valence-electron chi connectivity index (χ4n) is 2.35. The molecule has 0 aromatic heterocycles. The zero-order valence-corrected chi connectivity index (χ0v) is 15.7. The predicted molar refractivity (Wildman–Crippen MR) is 96.8 cm³/mol. The van der Waals surface area contributed by atoms with Crippen molar-refractivity contribution in [3.05, 3.63) is 21.6 Å². The summed E-state index contributed by atoms with van der Waals surface area (Å²) < 4.78 is 6.61. The monoisotopic (exact) mass is 375 g/mol. The third-order valence-corrected chi connectivity index (χ3v) is 4.25. The van der Waals surface area contributed by atoms with E-state index in [1.54, 1.807) is 0 Å². The van der Waals surface area contributed by atoms with Crippen molar-refractivity contribution >= 4 is 33.2 Å². The summed E-state index contributed by atoms with van der Waals surface area (Å²) in [4.78, 5) is 0. The highest BCUT2D eigenvalue weighted by atomic mass is 79.9. The van der Waals surface area contributed by atoms with Crippen LogP contribution in [0, 0.1) is 0 Å². The van der Waals surface area contributed by atoms with Crippen molar-refractivity contribution in [3.8, 4) is 5.75 Å². The van der Waals surface area contributed by atoms with Crippen LogP contribution in [-0.2, 0) is 0 Å². The van der Waals surface area contributed by atoms with Gasteiger partial charge in [-0.2, -0.15) is 0 Å². The van der Waals surface area contributed by atoms with Crippen molar-refractivity contribution in [2.75, 3.05) is 11.9 Å². The van der Waals surface area contributed by atoms with Crippen molar-refractivity contribution in [2.45, 2.75) is 65.3 Å². The Morgan fingerprint density at radius 1 is 1.19 bits per heavy atom. The van der Waals surface area contributed by atoms with Crippen molar-refractivity contribution in [2.24, 2.45) is 0 Å². The lowest BCUT2D eigenvalue weighted by molar-refractivity contribution is 0.339. The Kier molecular flexibility index (Phi) is 9.18. The van der Waals surface area contributed by atoms with Crippen LogP contribution in [0.4, 0.5) is 5.69 Å². The Morgan fingerprint density at radius 2 is 1.90 bits per heavy atom. The molecule has 1 atom stereocenters. The Labute approximate surface area is 142 Å². The first-order valence-corrected chi connectivity index (χ1v) is 9.13. The van der Waals surface area contributed by atoms with Gasteiger partial charge in [0.2, 0.25) is 0 Å². The van der Waals surface area contributed by atoms with Crippen LogP contribution in [0.1, 0.15) is 59.3 Å². The molecule has 0 aliphatic carbocycles. The summed E-state index contributed by atoms with van der Waals surface area (Å²) in [5.41, 5.74) is 0.970. The molecular weight excluding hydrogens is 350 g/mol. The van der Waals surface area contributed by atoms with Gasteiger partial charge in [0, 0.05) is 11.1 Å². The van der Waals surface area contributed by atoms with Crippen LogP contribution in [0.5, 0.6) is 5.75 Å². The molecule has 2 nitrogen and oxygen atoms in total. The first kappa shape index (κ1) is 18.6. The van der Waals surface area contributed by atoms with E-state index in [2.05, 4.69) is 35.1 Å². The third kappa shape index (κ3) is 6.92. The molecule has 4 heteroatoms. The van der Waals surface area contributed by atoms with Crippen molar-refractivity contribution in [1.29, 1.82) is 0 Å². The van der Waals surface area contributed by atoms with Crippen LogP contribution < -0.4 is 10.1 Å². The van der Waals surface area contributed by atoms with Crippen LogP contribution in [0.15, 0.2) is 16.6 Å². The van der Waals surface area contributed by atoms with Gasteiger partial charge in [-0.05, 0) is 48.3 Å². The van der Waals surface area contributed by atoms with E-state index in [1.165, 1.54) is 38.5 Å². The SMILES string of the molecule is CCCCCCCC(C)Nc1cc(Cl)cc(Br)c1OCC. The van der Waals surface area contributed by atoms with Crippen molar-refractivity contribution in [3.63, 3.8) is 0 Å². The van der Waals surface area contributed by atoms with Gasteiger partial charge in [0.15, 0.2) is 5.75 Å².